The summed E-state index contributed by atoms with van der Waals surface area (Å²) in [7, 11) is 0. The van der Waals surface area contributed by atoms with E-state index < -0.39 is 0 Å². The molecule has 2 aromatic rings. The fourth-order valence-corrected chi connectivity index (χ4v) is 5.44. The fraction of sp³-hybridized carbons (Fsp3) is 0.591. The molecule has 2 aliphatic carbocycles. The minimum atomic E-state index is 0.0999. The molecule has 4 atom stereocenters. The molecule has 1 N–H and O–H groups in total. The van der Waals surface area contributed by atoms with Crippen LogP contribution in [0, 0.1) is 17.8 Å². The van der Waals surface area contributed by atoms with Crippen LogP contribution in [0.4, 0.5) is 5.82 Å². The van der Waals surface area contributed by atoms with Gasteiger partial charge in [0, 0.05) is 32.1 Å². The summed E-state index contributed by atoms with van der Waals surface area (Å²) in [6.07, 6.45) is 10.4. The van der Waals surface area contributed by atoms with E-state index in [1.807, 2.05) is 23.0 Å². The van der Waals surface area contributed by atoms with Crippen LogP contribution in [-0.4, -0.2) is 47.7 Å². The van der Waals surface area contributed by atoms with Crippen molar-refractivity contribution in [1.82, 2.24) is 15.3 Å². The summed E-state index contributed by atoms with van der Waals surface area (Å²) in [6, 6.07) is 2.13. The predicted octanol–water partition coefficient (Wildman–Crippen LogP) is 2.91. The molecule has 1 amide bonds. The first-order chi connectivity index (χ1) is 14.2. The van der Waals surface area contributed by atoms with Gasteiger partial charge in [0.25, 0.3) is 0 Å². The Morgan fingerprint density at radius 1 is 1.24 bits per heavy atom. The lowest BCUT2D eigenvalue weighted by Gasteiger charge is -2.38. The number of ether oxygens (including phenoxy) is 1. The Morgan fingerprint density at radius 2 is 2.10 bits per heavy atom. The highest BCUT2D eigenvalue weighted by Crippen LogP contribution is 2.40. The average molecular weight is 413 g/mol. The van der Waals surface area contributed by atoms with E-state index >= 15 is 0 Å². The largest absolute Gasteiger partial charge is 0.376 e. The van der Waals surface area contributed by atoms with Crippen LogP contribution >= 0.6 is 11.3 Å². The molecule has 7 heteroatoms. The Morgan fingerprint density at radius 3 is 2.83 bits per heavy atom. The summed E-state index contributed by atoms with van der Waals surface area (Å²) in [5.41, 5.74) is 1.09. The van der Waals surface area contributed by atoms with Gasteiger partial charge in [0.05, 0.1) is 24.8 Å². The van der Waals surface area contributed by atoms with Crippen molar-refractivity contribution in [2.24, 2.45) is 17.8 Å². The number of anilines is 1. The smallest absolute Gasteiger partial charge is 0.224 e. The number of nitrogens with one attached hydrogen (secondary N) is 1. The van der Waals surface area contributed by atoms with Crippen LogP contribution in [-0.2, 0) is 16.0 Å². The van der Waals surface area contributed by atoms with E-state index in [0.717, 1.165) is 49.8 Å². The molecule has 3 heterocycles. The number of fused-ring (bicyclic) bond motifs is 1. The summed E-state index contributed by atoms with van der Waals surface area (Å²) in [5, 5.41) is 7.38. The fourth-order valence-electron chi connectivity index (χ4n) is 4.77. The topological polar surface area (TPSA) is 67.4 Å². The molecule has 3 fully saturated rings. The molecule has 1 saturated heterocycles. The van der Waals surface area contributed by atoms with Gasteiger partial charge < -0.3 is 15.0 Å². The molecule has 0 unspecified atom stereocenters. The van der Waals surface area contributed by atoms with Crippen molar-refractivity contribution in [2.45, 2.75) is 44.2 Å². The molecule has 6 nitrogen and oxygen atoms in total. The van der Waals surface area contributed by atoms with Crippen LogP contribution in [0.1, 0.15) is 31.2 Å². The lowest BCUT2D eigenvalue weighted by molar-refractivity contribution is -0.123. The van der Waals surface area contributed by atoms with Gasteiger partial charge in [-0.2, -0.15) is 11.3 Å². The Kier molecular flexibility index (Phi) is 5.50. The number of nitrogens with zero attached hydrogens (tertiary/aromatic N) is 3. The molecule has 0 spiro atoms. The van der Waals surface area contributed by atoms with E-state index in [2.05, 4.69) is 20.2 Å². The van der Waals surface area contributed by atoms with Crippen molar-refractivity contribution in [2.75, 3.05) is 24.6 Å². The van der Waals surface area contributed by atoms with Gasteiger partial charge in [-0.3, -0.25) is 9.78 Å². The number of rotatable bonds is 7. The highest BCUT2D eigenvalue weighted by atomic mass is 32.1. The Hall–Kier alpha value is -1.99. The van der Waals surface area contributed by atoms with E-state index in [-0.39, 0.29) is 18.1 Å². The molecule has 0 radical (unpaired) electrons. The van der Waals surface area contributed by atoms with Gasteiger partial charge in [-0.15, -0.1) is 0 Å². The zero-order valence-electron chi connectivity index (χ0n) is 16.6. The van der Waals surface area contributed by atoms with Crippen LogP contribution in [0.15, 0.2) is 35.4 Å². The first-order valence-electron chi connectivity index (χ1n) is 10.7. The van der Waals surface area contributed by atoms with Crippen molar-refractivity contribution in [3.63, 3.8) is 0 Å². The monoisotopic (exact) mass is 412 g/mol. The highest BCUT2D eigenvalue weighted by Gasteiger charge is 2.44. The van der Waals surface area contributed by atoms with Gasteiger partial charge in [0.15, 0.2) is 0 Å². The van der Waals surface area contributed by atoms with E-state index in [1.165, 1.54) is 12.8 Å². The van der Waals surface area contributed by atoms with E-state index in [0.29, 0.717) is 18.3 Å². The van der Waals surface area contributed by atoms with E-state index in [1.54, 1.807) is 23.7 Å². The summed E-state index contributed by atoms with van der Waals surface area (Å²) in [5.74, 6) is 2.94. The first kappa shape index (κ1) is 19.0. The number of thiophene rings is 1. The van der Waals surface area contributed by atoms with Gasteiger partial charge in [-0.25, -0.2) is 4.98 Å². The quantitative estimate of drug-likeness (QED) is 0.757. The molecule has 3 aliphatic rings. The molecular formula is C22H28N4O2S. The van der Waals surface area contributed by atoms with E-state index in [4.69, 9.17) is 4.74 Å². The molecule has 2 aromatic heterocycles. The third kappa shape index (κ3) is 4.61. The van der Waals surface area contributed by atoms with Gasteiger partial charge in [-0.05, 0) is 65.8 Å². The van der Waals surface area contributed by atoms with Gasteiger partial charge in [0.1, 0.15) is 5.82 Å². The summed E-state index contributed by atoms with van der Waals surface area (Å²) in [4.78, 5) is 23.7. The van der Waals surface area contributed by atoms with E-state index in [9.17, 15) is 4.79 Å². The second-order valence-electron chi connectivity index (χ2n) is 8.76. The van der Waals surface area contributed by atoms with Crippen molar-refractivity contribution in [3.05, 3.63) is 41.0 Å². The Balaban J connectivity index is 1.25. The third-order valence-electron chi connectivity index (χ3n) is 6.52. The molecule has 1 aliphatic heterocycles. The predicted molar refractivity (Wildman–Crippen MR) is 113 cm³/mol. The van der Waals surface area contributed by atoms with Gasteiger partial charge >= 0.3 is 0 Å². The number of amides is 1. The lowest BCUT2D eigenvalue weighted by atomic mass is 9.77. The lowest BCUT2D eigenvalue weighted by Crippen LogP contribution is -2.51. The van der Waals surface area contributed by atoms with Crippen molar-refractivity contribution >= 4 is 23.1 Å². The van der Waals surface area contributed by atoms with Crippen molar-refractivity contribution in [1.29, 1.82) is 0 Å². The Labute approximate surface area is 175 Å². The number of carbonyl (C=O) groups is 1. The molecule has 0 bridgehead atoms. The van der Waals surface area contributed by atoms with Crippen LogP contribution in [0.25, 0.3) is 0 Å². The van der Waals surface area contributed by atoms with Crippen molar-refractivity contribution in [3.8, 4) is 0 Å². The Bertz CT molecular complexity index is 811. The zero-order chi connectivity index (χ0) is 19.6. The van der Waals surface area contributed by atoms with Crippen molar-refractivity contribution < 1.29 is 9.53 Å². The zero-order valence-corrected chi connectivity index (χ0v) is 17.4. The minimum Gasteiger partial charge on any atom is -0.376 e. The van der Waals surface area contributed by atoms with Crippen LogP contribution in [0.2, 0.25) is 0 Å². The van der Waals surface area contributed by atoms with Gasteiger partial charge in [0.2, 0.25) is 5.91 Å². The SMILES string of the molecule is O=C(Cc1ccsc1)N[C@H]1C[C@H]2CN(c3cnccn3)C[C@H]2C[C@@H]1OCC1CC1. The minimum absolute atomic E-state index is 0.0999. The molecule has 0 aromatic carbocycles. The maximum absolute atomic E-state index is 12.7. The van der Waals surface area contributed by atoms with Gasteiger partial charge in [-0.1, -0.05) is 0 Å². The third-order valence-corrected chi connectivity index (χ3v) is 7.26. The average Bonchev–Trinajstić information content (AvgIpc) is 3.24. The maximum Gasteiger partial charge on any atom is 0.224 e. The number of hydrogen-bond acceptors (Lipinski definition) is 6. The molecule has 29 heavy (non-hydrogen) atoms. The second kappa shape index (κ2) is 8.40. The second-order valence-corrected chi connectivity index (χ2v) is 9.54. The summed E-state index contributed by atoms with van der Waals surface area (Å²) in [6.45, 7) is 2.82. The highest BCUT2D eigenvalue weighted by molar-refractivity contribution is 7.08. The van der Waals surface area contributed by atoms with Crippen LogP contribution in [0.3, 0.4) is 0 Å². The molecule has 5 rings (SSSR count). The van der Waals surface area contributed by atoms with Crippen LogP contribution in [0.5, 0.6) is 0 Å². The number of carbonyl (C=O) groups excluding carboxylic acids is 1. The molecule has 2 saturated carbocycles. The normalized spacial score (nSPS) is 28.9. The number of aromatic nitrogens is 2. The summed E-state index contributed by atoms with van der Waals surface area (Å²) < 4.78 is 6.35. The summed E-state index contributed by atoms with van der Waals surface area (Å²) >= 11 is 1.64. The number of hydrogen-bond donors (Lipinski definition) is 1. The first-order valence-corrected chi connectivity index (χ1v) is 11.6. The van der Waals surface area contributed by atoms with Crippen LogP contribution < -0.4 is 10.2 Å². The standard InChI is InChI=1S/C22H28N4O2S/c27-22(7-16-3-6-29-14-16)25-19-8-17-11-26(21-10-23-4-5-24-21)12-18(17)9-20(19)28-13-15-1-2-15/h3-6,10,14-15,17-20H,1-2,7-9,11-13H2,(H,25,27)/t17-,18+,19-,20-/m0/s1. The molecule has 154 valence electrons. The molecular weight excluding hydrogens is 384 g/mol. The maximum atomic E-state index is 12.7.